The SMILES string of the molecule is CC(=O)N1CCc2ccccc2[C@H]1CC(=O)N(C)c1ccc([N+](=O)[O-])cc1. The number of rotatable bonds is 4. The van der Waals surface area contributed by atoms with E-state index in [1.807, 2.05) is 24.3 Å². The second-order valence-electron chi connectivity index (χ2n) is 6.61. The van der Waals surface area contributed by atoms with Crippen LogP contribution in [0.1, 0.15) is 30.5 Å². The highest BCUT2D eigenvalue weighted by atomic mass is 16.6. The predicted molar refractivity (Wildman–Crippen MR) is 101 cm³/mol. The van der Waals surface area contributed by atoms with Crippen molar-refractivity contribution in [2.24, 2.45) is 0 Å². The Morgan fingerprint density at radius 3 is 2.48 bits per heavy atom. The van der Waals surface area contributed by atoms with Gasteiger partial charge in [-0.15, -0.1) is 0 Å². The normalized spacial score (nSPS) is 15.8. The van der Waals surface area contributed by atoms with Crippen LogP contribution in [0, 0.1) is 10.1 Å². The second-order valence-corrected chi connectivity index (χ2v) is 6.61. The molecular formula is C20H21N3O4. The van der Waals surface area contributed by atoms with Crippen LogP contribution in [0.15, 0.2) is 48.5 Å². The zero-order valence-electron chi connectivity index (χ0n) is 15.3. The first-order chi connectivity index (χ1) is 12.9. The van der Waals surface area contributed by atoms with Gasteiger partial charge < -0.3 is 9.80 Å². The Morgan fingerprint density at radius 2 is 1.85 bits per heavy atom. The Bertz CT molecular complexity index is 879. The van der Waals surface area contributed by atoms with E-state index in [2.05, 4.69) is 0 Å². The molecule has 140 valence electrons. The van der Waals surface area contributed by atoms with E-state index in [0.717, 1.165) is 17.5 Å². The quantitative estimate of drug-likeness (QED) is 0.614. The van der Waals surface area contributed by atoms with Crippen LogP contribution < -0.4 is 4.90 Å². The fourth-order valence-corrected chi connectivity index (χ4v) is 3.49. The summed E-state index contributed by atoms with van der Waals surface area (Å²) in [7, 11) is 1.64. The van der Waals surface area contributed by atoms with Gasteiger partial charge in [0.2, 0.25) is 11.8 Å². The molecule has 2 aromatic rings. The van der Waals surface area contributed by atoms with Crippen molar-refractivity contribution >= 4 is 23.2 Å². The lowest BCUT2D eigenvalue weighted by Crippen LogP contribution is -2.41. The van der Waals surface area contributed by atoms with Gasteiger partial charge in [0.25, 0.3) is 5.69 Å². The van der Waals surface area contributed by atoms with Crippen molar-refractivity contribution in [3.05, 3.63) is 69.8 Å². The minimum Gasteiger partial charge on any atom is -0.335 e. The molecule has 1 heterocycles. The van der Waals surface area contributed by atoms with Crippen molar-refractivity contribution in [2.45, 2.75) is 25.8 Å². The molecule has 0 N–H and O–H groups in total. The molecule has 27 heavy (non-hydrogen) atoms. The van der Waals surface area contributed by atoms with Gasteiger partial charge in [0, 0.05) is 38.3 Å². The second kappa shape index (κ2) is 7.57. The van der Waals surface area contributed by atoms with Gasteiger partial charge in [0.1, 0.15) is 0 Å². The number of anilines is 1. The molecule has 0 radical (unpaired) electrons. The maximum Gasteiger partial charge on any atom is 0.269 e. The van der Waals surface area contributed by atoms with Gasteiger partial charge in [-0.2, -0.15) is 0 Å². The molecule has 2 aromatic carbocycles. The molecule has 0 saturated heterocycles. The van der Waals surface area contributed by atoms with Crippen molar-refractivity contribution in [1.29, 1.82) is 0 Å². The monoisotopic (exact) mass is 367 g/mol. The number of hydrogen-bond acceptors (Lipinski definition) is 4. The molecule has 3 rings (SSSR count). The summed E-state index contributed by atoms with van der Waals surface area (Å²) in [4.78, 5) is 38.5. The van der Waals surface area contributed by atoms with E-state index < -0.39 is 4.92 Å². The van der Waals surface area contributed by atoms with Crippen LogP contribution in [0.5, 0.6) is 0 Å². The van der Waals surface area contributed by atoms with Crippen molar-refractivity contribution in [3.63, 3.8) is 0 Å². The predicted octanol–water partition coefficient (Wildman–Crippen LogP) is 3.09. The lowest BCUT2D eigenvalue weighted by atomic mass is 9.90. The first-order valence-corrected chi connectivity index (χ1v) is 8.74. The van der Waals surface area contributed by atoms with Crippen LogP contribution in [0.3, 0.4) is 0 Å². The summed E-state index contributed by atoms with van der Waals surface area (Å²) >= 11 is 0. The maximum atomic E-state index is 12.9. The number of amides is 2. The molecule has 1 aliphatic rings. The van der Waals surface area contributed by atoms with Gasteiger partial charge in [-0.1, -0.05) is 24.3 Å². The molecule has 1 aliphatic heterocycles. The van der Waals surface area contributed by atoms with E-state index in [0.29, 0.717) is 12.2 Å². The molecular weight excluding hydrogens is 346 g/mol. The standard InChI is InChI=1S/C20H21N3O4/c1-14(24)22-12-11-15-5-3-4-6-18(15)19(22)13-20(25)21(2)16-7-9-17(10-8-16)23(26)27/h3-10,19H,11-13H2,1-2H3/t19-/m1/s1. The first-order valence-electron chi connectivity index (χ1n) is 8.74. The highest BCUT2D eigenvalue weighted by molar-refractivity contribution is 5.93. The van der Waals surface area contributed by atoms with Gasteiger partial charge in [0.15, 0.2) is 0 Å². The van der Waals surface area contributed by atoms with E-state index in [9.17, 15) is 19.7 Å². The van der Waals surface area contributed by atoms with Crippen LogP contribution in [0.2, 0.25) is 0 Å². The summed E-state index contributed by atoms with van der Waals surface area (Å²) in [5.74, 6) is -0.211. The molecule has 0 spiro atoms. The lowest BCUT2D eigenvalue weighted by molar-refractivity contribution is -0.384. The average molecular weight is 367 g/mol. The maximum absolute atomic E-state index is 12.9. The summed E-state index contributed by atoms with van der Waals surface area (Å²) < 4.78 is 0. The lowest BCUT2D eigenvalue weighted by Gasteiger charge is -2.37. The Hall–Kier alpha value is -3.22. The number of carbonyl (C=O) groups excluding carboxylic acids is 2. The number of carbonyl (C=O) groups is 2. The Morgan fingerprint density at radius 1 is 1.19 bits per heavy atom. The van der Waals surface area contributed by atoms with Gasteiger partial charge in [0.05, 0.1) is 17.4 Å². The Balaban J connectivity index is 1.82. The van der Waals surface area contributed by atoms with E-state index in [4.69, 9.17) is 0 Å². The summed E-state index contributed by atoms with van der Waals surface area (Å²) in [6.07, 6.45) is 0.933. The molecule has 7 nitrogen and oxygen atoms in total. The van der Waals surface area contributed by atoms with Gasteiger partial charge >= 0.3 is 0 Å². The van der Waals surface area contributed by atoms with Crippen LogP contribution in [0.25, 0.3) is 0 Å². The molecule has 0 fully saturated rings. The van der Waals surface area contributed by atoms with E-state index in [1.165, 1.54) is 24.0 Å². The number of nitrogens with zero attached hydrogens (tertiary/aromatic N) is 3. The zero-order chi connectivity index (χ0) is 19.6. The summed E-state index contributed by atoms with van der Waals surface area (Å²) in [6.45, 7) is 2.11. The summed E-state index contributed by atoms with van der Waals surface area (Å²) in [5, 5.41) is 10.8. The molecule has 0 aliphatic carbocycles. The van der Waals surface area contributed by atoms with Gasteiger partial charge in [-0.05, 0) is 29.7 Å². The highest BCUT2D eigenvalue weighted by Gasteiger charge is 2.31. The van der Waals surface area contributed by atoms with Crippen LogP contribution >= 0.6 is 0 Å². The van der Waals surface area contributed by atoms with Crippen molar-refractivity contribution < 1.29 is 14.5 Å². The van der Waals surface area contributed by atoms with E-state index in [-0.39, 0.29) is 30.0 Å². The number of fused-ring (bicyclic) bond motifs is 1. The van der Waals surface area contributed by atoms with Crippen molar-refractivity contribution in [3.8, 4) is 0 Å². The van der Waals surface area contributed by atoms with Gasteiger partial charge in [-0.3, -0.25) is 19.7 Å². The fraction of sp³-hybridized carbons (Fsp3) is 0.300. The third-order valence-corrected chi connectivity index (χ3v) is 5.01. The number of nitro benzene ring substituents is 1. The summed E-state index contributed by atoms with van der Waals surface area (Å²) in [5.41, 5.74) is 2.71. The van der Waals surface area contributed by atoms with Crippen molar-refractivity contribution in [1.82, 2.24) is 4.90 Å². The Kier molecular flexibility index (Phi) is 5.21. The Labute approximate surface area is 157 Å². The molecule has 2 amide bonds. The molecule has 0 saturated carbocycles. The van der Waals surface area contributed by atoms with Crippen LogP contribution in [-0.4, -0.2) is 35.2 Å². The number of nitro groups is 1. The molecule has 0 bridgehead atoms. The van der Waals surface area contributed by atoms with Gasteiger partial charge in [-0.25, -0.2) is 0 Å². The third kappa shape index (κ3) is 3.81. The number of non-ortho nitro benzene ring substituents is 1. The smallest absolute Gasteiger partial charge is 0.269 e. The molecule has 1 atom stereocenters. The van der Waals surface area contributed by atoms with E-state index >= 15 is 0 Å². The van der Waals surface area contributed by atoms with Crippen LogP contribution in [-0.2, 0) is 16.0 Å². The summed E-state index contributed by atoms with van der Waals surface area (Å²) in [6, 6.07) is 13.4. The van der Waals surface area contributed by atoms with Crippen molar-refractivity contribution in [2.75, 3.05) is 18.5 Å². The van der Waals surface area contributed by atoms with Crippen LogP contribution in [0.4, 0.5) is 11.4 Å². The van der Waals surface area contributed by atoms with E-state index in [1.54, 1.807) is 24.1 Å². The molecule has 0 unspecified atom stereocenters. The number of hydrogen-bond donors (Lipinski definition) is 0. The third-order valence-electron chi connectivity index (χ3n) is 5.01. The largest absolute Gasteiger partial charge is 0.335 e. The highest BCUT2D eigenvalue weighted by Crippen LogP contribution is 2.33. The zero-order valence-corrected chi connectivity index (χ0v) is 15.3. The molecule has 0 aromatic heterocycles. The average Bonchev–Trinajstić information content (AvgIpc) is 2.67. The minimum absolute atomic E-state index is 0.0245. The molecule has 7 heteroatoms. The first kappa shape index (κ1) is 18.6. The number of benzene rings is 2. The minimum atomic E-state index is -0.477. The fourth-order valence-electron chi connectivity index (χ4n) is 3.49. The topological polar surface area (TPSA) is 83.8 Å².